The van der Waals surface area contributed by atoms with E-state index in [9.17, 15) is 14.4 Å². The van der Waals surface area contributed by atoms with E-state index < -0.39 is 6.17 Å². The van der Waals surface area contributed by atoms with Gasteiger partial charge < -0.3 is 9.80 Å². The van der Waals surface area contributed by atoms with Crippen molar-refractivity contribution in [3.63, 3.8) is 0 Å². The Labute approximate surface area is 214 Å². The maximum absolute atomic E-state index is 13.7. The fourth-order valence-corrected chi connectivity index (χ4v) is 4.42. The van der Waals surface area contributed by atoms with Crippen molar-refractivity contribution in [1.82, 2.24) is 4.90 Å². The van der Waals surface area contributed by atoms with Gasteiger partial charge in [0.25, 0.3) is 5.91 Å². The molecular formula is C31H34FN3O. The topological polar surface area (TPSA) is 47.3 Å². The minimum absolute atomic E-state index is 0.0219. The van der Waals surface area contributed by atoms with Crippen molar-refractivity contribution in [2.45, 2.75) is 33.4 Å². The average molecular weight is 484 g/mol. The first-order valence-electron chi connectivity index (χ1n) is 12.1. The molecule has 2 aromatic rings. The molecule has 1 aliphatic heterocycles. The van der Waals surface area contributed by atoms with Gasteiger partial charge in [0.05, 0.1) is 11.3 Å². The molecule has 1 amide bonds. The monoisotopic (exact) mass is 483 g/mol. The van der Waals surface area contributed by atoms with E-state index in [1.165, 1.54) is 0 Å². The summed E-state index contributed by atoms with van der Waals surface area (Å²) in [6, 6.07) is 15.7. The molecule has 3 rings (SSSR count). The van der Waals surface area contributed by atoms with E-state index in [-0.39, 0.29) is 5.91 Å². The molecule has 0 radical (unpaired) electrons. The van der Waals surface area contributed by atoms with Crippen LogP contribution in [0.2, 0.25) is 0 Å². The van der Waals surface area contributed by atoms with Crippen LogP contribution in [0.25, 0.3) is 11.1 Å². The highest BCUT2D eigenvalue weighted by atomic mass is 19.1. The lowest BCUT2D eigenvalue weighted by Crippen LogP contribution is -2.21. The van der Waals surface area contributed by atoms with Crippen LogP contribution in [0.3, 0.4) is 0 Å². The average Bonchev–Trinajstić information content (AvgIpc) is 3.31. The Morgan fingerprint density at radius 2 is 1.75 bits per heavy atom. The van der Waals surface area contributed by atoms with E-state index in [0.717, 1.165) is 39.1 Å². The third kappa shape index (κ3) is 6.01. The summed E-state index contributed by atoms with van der Waals surface area (Å²) in [6.45, 7) is 11.0. The number of rotatable bonds is 7. The molecule has 0 spiro atoms. The second-order valence-electron chi connectivity index (χ2n) is 9.40. The van der Waals surface area contributed by atoms with Gasteiger partial charge in [-0.05, 0) is 84.9 Å². The number of benzene rings is 2. The van der Waals surface area contributed by atoms with E-state index in [2.05, 4.69) is 32.6 Å². The van der Waals surface area contributed by atoms with Gasteiger partial charge in [-0.15, -0.1) is 0 Å². The number of allylic oxidation sites excluding steroid dienone is 7. The maximum atomic E-state index is 13.7. The molecule has 1 heterocycles. The number of amides is 1. The number of nitriles is 1. The lowest BCUT2D eigenvalue weighted by atomic mass is 9.92. The summed E-state index contributed by atoms with van der Waals surface area (Å²) < 4.78 is 13.7. The van der Waals surface area contributed by atoms with Crippen molar-refractivity contribution in [3.05, 3.63) is 101 Å². The third-order valence-corrected chi connectivity index (χ3v) is 6.61. The molecule has 0 N–H and O–H groups in total. The van der Waals surface area contributed by atoms with Crippen LogP contribution < -0.4 is 4.90 Å². The predicted molar refractivity (Wildman–Crippen MR) is 148 cm³/mol. The van der Waals surface area contributed by atoms with Crippen molar-refractivity contribution in [1.29, 1.82) is 5.26 Å². The number of nitrogens with zero attached hydrogens (tertiary/aromatic N) is 3. The van der Waals surface area contributed by atoms with E-state index in [1.54, 1.807) is 25.1 Å². The quantitative estimate of drug-likeness (QED) is 0.406. The predicted octanol–water partition coefficient (Wildman–Crippen LogP) is 6.82. The van der Waals surface area contributed by atoms with Crippen LogP contribution in [-0.4, -0.2) is 44.2 Å². The van der Waals surface area contributed by atoms with E-state index in [4.69, 9.17) is 0 Å². The van der Waals surface area contributed by atoms with Gasteiger partial charge in [-0.3, -0.25) is 4.79 Å². The molecule has 0 bridgehead atoms. The number of alkyl halides is 1. The summed E-state index contributed by atoms with van der Waals surface area (Å²) in [4.78, 5) is 15.7. The Kier molecular flexibility index (Phi) is 8.66. The Morgan fingerprint density at radius 3 is 2.31 bits per heavy atom. The molecule has 1 unspecified atom stereocenters. The van der Waals surface area contributed by atoms with Crippen LogP contribution >= 0.6 is 0 Å². The number of halogens is 1. The van der Waals surface area contributed by atoms with E-state index in [0.29, 0.717) is 30.6 Å². The van der Waals surface area contributed by atoms with Crippen LogP contribution in [-0.2, 0) is 0 Å². The van der Waals surface area contributed by atoms with Gasteiger partial charge in [0.2, 0.25) is 0 Å². The molecule has 0 saturated carbocycles. The zero-order chi connectivity index (χ0) is 26.4. The highest BCUT2D eigenvalue weighted by Crippen LogP contribution is 2.32. The van der Waals surface area contributed by atoms with Crippen molar-refractivity contribution in [2.75, 3.05) is 32.1 Å². The molecule has 5 heteroatoms. The van der Waals surface area contributed by atoms with Crippen molar-refractivity contribution < 1.29 is 9.18 Å². The van der Waals surface area contributed by atoms with Crippen LogP contribution in [0.15, 0.2) is 78.4 Å². The molecule has 0 aliphatic carbocycles. The van der Waals surface area contributed by atoms with Crippen molar-refractivity contribution in [3.8, 4) is 6.07 Å². The Bertz CT molecular complexity index is 1280. The van der Waals surface area contributed by atoms with E-state index in [1.807, 2.05) is 60.4 Å². The number of carbonyl (C=O) groups is 1. The molecule has 1 atom stereocenters. The van der Waals surface area contributed by atoms with Gasteiger partial charge in [-0.2, -0.15) is 5.26 Å². The van der Waals surface area contributed by atoms with Gasteiger partial charge in [0.15, 0.2) is 0 Å². The molecule has 4 nitrogen and oxygen atoms in total. The highest BCUT2D eigenvalue weighted by molar-refractivity contribution is 5.94. The molecule has 2 aromatic carbocycles. The standard InChI is InChI=1S/C31H34FN3O/c1-7-8-29(26-13-14-30(27(18-26)19-33)35-16-15-28(32)20-35)23(4)21(2)17-22(3)24-9-11-25(12-10-24)31(36)34(5)6/h7-14,17-18,28H,1,15-16,20H2,2-6H3/b22-17+,23-21+,29-8+. The fourth-order valence-electron chi connectivity index (χ4n) is 4.42. The molecule has 0 aromatic heterocycles. The van der Waals surface area contributed by atoms with Crippen LogP contribution in [0, 0.1) is 11.3 Å². The Morgan fingerprint density at radius 1 is 1.11 bits per heavy atom. The summed E-state index contributed by atoms with van der Waals surface area (Å²) in [5.74, 6) is -0.0219. The minimum atomic E-state index is -0.847. The summed E-state index contributed by atoms with van der Waals surface area (Å²) in [5.41, 5.74) is 8.14. The van der Waals surface area contributed by atoms with E-state index >= 15 is 0 Å². The molecule has 36 heavy (non-hydrogen) atoms. The largest absolute Gasteiger partial charge is 0.367 e. The number of carbonyl (C=O) groups excluding carboxylic acids is 1. The lowest BCUT2D eigenvalue weighted by molar-refractivity contribution is 0.0827. The highest BCUT2D eigenvalue weighted by Gasteiger charge is 2.24. The summed E-state index contributed by atoms with van der Waals surface area (Å²) >= 11 is 0. The van der Waals surface area contributed by atoms with Gasteiger partial charge >= 0.3 is 0 Å². The zero-order valence-corrected chi connectivity index (χ0v) is 21.8. The Balaban J connectivity index is 1.92. The summed E-state index contributed by atoms with van der Waals surface area (Å²) in [6.07, 6.45) is 5.47. The number of anilines is 1. The lowest BCUT2D eigenvalue weighted by Gasteiger charge is -2.20. The first-order valence-corrected chi connectivity index (χ1v) is 12.1. The molecular weight excluding hydrogens is 449 g/mol. The minimum Gasteiger partial charge on any atom is -0.367 e. The SMILES string of the molecule is C=C\C=C(/C(C)=C(C)/C=C(\C)c1ccc(C(=O)N(C)C)cc1)c1ccc(N2CCC(F)C2)c(C#N)c1. The van der Waals surface area contributed by atoms with Crippen molar-refractivity contribution >= 4 is 22.7 Å². The van der Waals surface area contributed by atoms with Crippen LogP contribution in [0.1, 0.15) is 54.2 Å². The molecule has 186 valence electrons. The maximum Gasteiger partial charge on any atom is 0.253 e. The van der Waals surface area contributed by atoms with Gasteiger partial charge in [-0.25, -0.2) is 4.39 Å². The first kappa shape index (κ1) is 26.7. The number of hydrogen-bond donors (Lipinski definition) is 0. The Hall–Kier alpha value is -3.91. The first-order chi connectivity index (χ1) is 17.2. The van der Waals surface area contributed by atoms with Crippen molar-refractivity contribution in [2.24, 2.45) is 0 Å². The zero-order valence-electron chi connectivity index (χ0n) is 21.8. The van der Waals surface area contributed by atoms with Crippen LogP contribution in [0.5, 0.6) is 0 Å². The van der Waals surface area contributed by atoms with Gasteiger partial charge in [0, 0.05) is 32.7 Å². The van der Waals surface area contributed by atoms with Crippen LogP contribution in [0.4, 0.5) is 10.1 Å². The van der Waals surface area contributed by atoms with Gasteiger partial charge in [-0.1, -0.05) is 43.0 Å². The molecule has 1 aliphatic rings. The molecule has 1 fully saturated rings. The normalized spacial score (nSPS) is 16.9. The fraction of sp³-hybridized carbons (Fsp3) is 0.290. The smallest absolute Gasteiger partial charge is 0.253 e. The summed E-state index contributed by atoms with van der Waals surface area (Å²) in [7, 11) is 3.48. The van der Waals surface area contributed by atoms with Gasteiger partial charge in [0.1, 0.15) is 12.2 Å². The summed E-state index contributed by atoms with van der Waals surface area (Å²) in [5, 5.41) is 9.80. The third-order valence-electron chi connectivity index (χ3n) is 6.61. The molecule has 1 saturated heterocycles. The number of hydrogen-bond acceptors (Lipinski definition) is 3. The second-order valence-corrected chi connectivity index (χ2v) is 9.40. The second kappa shape index (κ2) is 11.7.